The maximum Gasteiger partial charge on any atom is 0.0449 e. The van der Waals surface area contributed by atoms with E-state index in [1.807, 2.05) is 0 Å². The minimum atomic E-state index is 0.593. The van der Waals surface area contributed by atoms with E-state index in [2.05, 4.69) is 17.1 Å². The molecule has 0 bridgehead atoms. The Balaban J connectivity index is 1.82. The Morgan fingerprint density at radius 1 is 1.56 bits per heavy atom. The molecule has 1 N–H and O–H groups in total. The number of likely N-dealkylation sites (N-methyl/N-ethyl adjacent to an activating group) is 1. The van der Waals surface area contributed by atoms with Crippen molar-refractivity contribution >= 4 is 0 Å². The molecule has 9 heavy (non-hydrogen) atoms. The van der Waals surface area contributed by atoms with Gasteiger partial charge in [-0.15, -0.1) is 0 Å². The fraction of sp³-hybridized carbons (Fsp3) is 1.00. The van der Waals surface area contributed by atoms with Crippen LogP contribution in [-0.4, -0.2) is 36.6 Å². The molecule has 0 radical (unpaired) electrons. The summed E-state index contributed by atoms with van der Waals surface area (Å²) in [5.41, 5.74) is 0.593. The lowest BCUT2D eigenvalue weighted by atomic mass is 9.80. The van der Waals surface area contributed by atoms with Crippen molar-refractivity contribution in [3.8, 4) is 0 Å². The third-order valence-corrected chi connectivity index (χ3v) is 2.60. The Hall–Kier alpha value is -0.0800. The molecular formula is C7H14N2. The molecule has 0 atom stereocenters. The highest BCUT2D eigenvalue weighted by molar-refractivity contribution is 5.07. The first-order chi connectivity index (χ1) is 4.35. The van der Waals surface area contributed by atoms with Crippen LogP contribution < -0.4 is 5.32 Å². The third-order valence-electron chi connectivity index (χ3n) is 2.60. The molecule has 0 aliphatic carbocycles. The van der Waals surface area contributed by atoms with E-state index in [0.717, 1.165) is 0 Å². The second-order valence-corrected chi connectivity index (χ2v) is 3.26. The first-order valence-electron chi connectivity index (χ1n) is 3.82. The number of rotatable bonds is 1. The Morgan fingerprint density at radius 2 is 2.22 bits per heavy atom. The molecule has 2 rings (SSSR count). The molecule has 0 aromatic heterocycles. The molecule has 1 spiro atoms. The number of nitrogens with zero attached hydrogens (tertiary/aromatic N) is 1. The van der Waals surface area contributed by atoms with Crippen LogP contribution in [0.1, 0.15) is 13.3 Å². The molecule has 52 valence electrons. The van der Waals surface area contributed by atoms with Crippen LogP contribution in [0.3, 0.4) is 0 Å². The summed E-state index contributed by atoms with van der Waals surface area (Å²) in [5.74, 6) is 0. The Bertz CT molecular complexity index is 110. The van der Waals surface area contributed by atoms with Crippen LogP contribution in [0.5, 0.6) is 0 Å². The minimum Gasteiger partial charge on any atom is -0.309 e. The smallest absolute Gasteiger partial charge is 0.0449 e. The molecule has 2 saturated heterocycles. The van der Waals surface area contributed by atoms with Gasteiger partial charge in [-0.05, 0) is 19.5 Å². The Morgan fingerprint density at radius 3 is 2.56 bits per heavy atom. The lowest BCUT2D eigenvalue weighted by Gasteiger charge is -2.56. The summed E-state index contributed by atoms with van der Waals surface area (Å²) in [6.45, 7) is 7.29. The predicted octanol–water partition coefficient (Wildman–Crippen LogP) is 0.0540. The molecule has 0 saturated carbocycles. The lowest BCUT2D eigenvalue weighted by molar-refractivity contribution is -0.00145. The zero-order valence-electron chi connectivity index (χ0n) is 5.98. The van der Waals surface area contributed by atoms with Crippen molar-refractivity contribution in [2.45, 2.75) is 18.9 Å². The number of hydrogen-bond acceptors (Lipinski definition) is 2. The number of likely N-dealkylation sites (tertiary alicyclic amines) is 1. The van der Waals surface area contributed by atoms with Gasteiger partial charge in [0.25, 0.3) is 0 Å². The van der Waals surface area contributed by atoms with E-state index < -0.39 is 0 Å². The largest absolute Gasteiger partial charge is 0.309 e. The van der Waals surface area contributed by atoms with E-state index >= 15 is 0 Å². The fourth-order valence-corrected chi connectivity index (χ4v) is 1.78. The van der Waals surface area contributed by atoms with Crippen molar-refractivity contribution in [1.82, 2.24) is 10.2 Å². The van der Waals surface area contributed by atoms with Crippen molar-refractivity contribution in [2.24, 2.45) is 0 Å². The van der Waals surface area contributed by atoms with E-state index in [1.165, 1.54) is 32.6 Å². The summed E-state index contributed by atoms with van der Waals surface area (Å²) in [6, 6.07) is 0. The summed E-state index contributed by atoms with van der Waals surface area (Å²) in [4.78, 5) is 2.48. The molecule has 2 aliphatic rings. The highest BCUT2D eigenvalue weighted by Gasteiger charge is 2.46. The van der Waals surface area contributed by atoms with Crippen LogP contribution in [0.2, 0.25) is 0 Å². The van der Waals surface area contributed by atoms with E-state index in [-0.39, 0.29) is 0 Å². The van der Waals surface area contributed by atoms with Gasteiger partial charge in [0.15, 0.2) is 0 Å². The molecule has 0 aromatic rings. The highest BCUT2D eigenvalue weighted by atomic mass is 15.3. The van der Waals surface area contributed by atoms with Crippen molar-refractivity contribution in [3.63, 3.8) is 0 Å². The molecule has 0 aromatic carbocycles. The van der Waals surface area contributed by atoms with Gasteiger partial charge in [0.1, 0.15) is 0 Å². The molecule has 0 unspecified atom stereocenters. The molecule has 2 heteroatoms. The average Bonchev–Trinajstić information content (AvgIpc) is 1.59. The lowest BCUT2D eigenvalue weighted by Crippen LogP contribution is -2.75. The molecule has 2 heterocycles. The first-order valence-corrected chi connectivity index (χ1v) is 3.82. The fourth-order valence-electron chi connectivity index (χ4n) is 1.78. The molecule has 2 fully saturated rings. The number of nitrogens with one attached hydrogen (secondary N) is 1. The molecule has 2 aliphatic heterocycles. The van der Waals surface area contributed by atoms with E-state index in [1.54, 1.807) is 0 Å². The van der Waals surface area contributed by atoms with Gasteiger partial charge in [0.2, 0.25) is 0 Å². The average molecular weight is 126 g/mol. The van der Waals surface area contributed by atoms with Crippen LogP contribution in [-0.2, 0) is 0 Å². The quantitative estimate of drug-likeness (QED) is 0.534. The van der Waals surface area contributed by atoms with Crippen molar-refractivity contribution < 1.29 is 0 Å². The third kappa shape index (κ3) is 0.700. The summed E-state index contributed by atoms with van der Waals surface area (Å²) in [7, 11) is 0. The molecular weight excluding hydrogens is 112 g/mol. The topological polar surface area (TPSA) is 15.3 Å². The maximum atomic E-state index is 3.48. The predicted molar refractivity (Wildman–Crippen MR) is 37.5 cm³/mol. The van der Waals surface area contributed by atoms with E-state index in [4.69, 9.17) is 0 Å². The zero-order chi connectivity index (χ0) is 6.32. The summed E-state index contributed by atoms with van der Waals surface area (Å²) in [5, 5.41) is 3.48. The maximum absolute atomic E-state index is 3.48. The Kier molecular flexibility index (Phi) is 1.08. The van der Waals surface area contributed by atoms with E-state index in [0.29, 0.717) is 5.54 Å². The van der Waals surface area contributed by atoms with Crippen LogP contribution in [0.15, 0.2) is 0 Å². The van der Waals surface area contributed by atoms with Crippen molar-refractivity contribution in [1.29, 1.82) is 0 Å². The normalized spacial score (nSPS) is 31.7. The van der Waals surface area contributed by atoms with Crippen LogP contribution in [0.4, 0.5) is 0 Å². The van der Waals surface area contributed by atoms with Gasteiger partial charge in [-0.1, -0.05) is 6.92 Å². The van der Waals surface area contributed by atoms with Crippen LogP contribution >= 0.6 is 0 Å². The van der Waals surface area contributed by atoms with Gasteiger partial charge in [0.05, 0.1) is 0 Å². The van der Waals surface area contributed by atoms with Gasteiger partial charge in [-0.25, -0.2) is 0 Å². The standard InChI is InChI=1S/C7H14N2/c1-2-9-5-7(6-9)3-4-8-7/h8H,2-6H2,1H3. The van der Waals surface area contributed by atoms with Gasteiger partial charge in [-0.2, -0.15) is 0 Å². The van der Waals surface area contributed by atoms with Gasteiger partial charge in [-0.3, -0.25) is 4.90 Å². The molecule has 0 amide bonds. The Labute approximate surface area is 56.2 Å². The monoisotopic (exact) mass is 126 g/mol. The van der Waals surface area contributed by atoms with Crippen molar-refractivity contribution in [3.05, 3.63) is 0 Å². The second kappa shape index (κ2) is 1.70. The van der Waals surface area contributed by atoms with Crippen LogP contribution in [0, 0.1) is 0 Å². The van der Waals surface area contributed by atoms with E-state index in [9.17, 15) is 0 Å². The molecule has 2 nitrogen and oxygen atoms in total. The SMILES string of the molecule is CCN1CC2(CCN2)C1. The van der Waals surface area contributed by atoms with Crippen molar-refractivity contribution in [2.75, 3.05) is 26.2 Å². The number of hydrogen-bond donors (Lipinski definition) is 1. The summed E-state index contributed by atoms with van der Waals surface area (Å²) in [6.07, 6.45) is 1.41. The summed E-state index contributed by atoms with van der Waals surface area (Å²) < 4.78 is 0. The summed E-state index contributed by atoms with van der Waals surface area (Å²) >= 11 is 0. The minimum absolute atomic E-state index is 0.593. The van der Waals surface area contributed by atoms with Gasteiger partial charge in [0, 0.05) is 18.6 Å². The first kappa shape index (κ1) is 5.69. The second-order valence-electron chi connectivity index (χ2n) is 3.26. The zero-order valence-corrected chi connectivity index (χ0v) is 5.98. The van der Waals surface area contributed by atoms with Crippen LogP contribution in [0.25, 0.3) is 0 Å². The van der Waals surface area contributed by atoms with Gasteiger partial charge >= 0.3 is 0 Å². The van der Waals surface area contributed by atoms with Gasteiger partial charge < -0.3 is 5.32 Å². The highest BCUT2D eigenvalue weighted by Crippen LogP contribution is 2.29.